The van der Waals surface area contributed by atoms with E-state index in [1.807, 2.05) is 6.08 Å². The molecule has 2 aliphatic heterocycles. The molecule has 0 saturated heterocycles. The molecule has 0 saturated carbocycles. The molecule has 4 heteroatoms. The molecule has 2 aliphatic carbocycles. The number of nitrogens with one attached hydrogen (secondary N) is 2. The molecule has 4 aliphatic rings. The molecule has 3 unspecified atom stereocenters. The number of hydrogen-bond donors (Lipinski definition) is 4. The van der Waals surface area contributed by atoms with Gasteiger partial charge in [0.15, 0.2) is 6.29 Å². The number of aliphatic hydroxyl groups excluding tert-OH is 1. The quantitative estimate of drug-likeness (QED) is 0.582. The predicted octanol–water partition coefficient (Wildman–Crippen LogP) is 1.40. The Morgan fingerprint density at radius 2 is 1.95 bits per heavy atom. The molecule has 3 atom stereocenters. The minimum atomic E-state index is -1.47. The van der Waals surface area contributed by atoms with Crippen molar-refractivity contribution < 1.29 is 10.2 Å². The molecule has 114 valence electrons. The highest BCUT2D eigenvalue weighted by Gasteiger charge is 2.38. The van der Waals surface area contributed by atoms with Crippen LogP contribution in [0.15, 0.2) is 71.1 Å². The van der Waals surface area contributed by atoms with E-state index >= 15 is 0 Å². The molecule has 4 N–H and O–H groups in total. The molecule has 4 nitrogen and oxygen atoms in total. The summed E-state index contributed by atoms with van der Waals surface area (Å²) in [6, 6.07) is 0.250. The van der Waals surface area contributed by atoms with Crippen LogP contribution in [0.5, 0.6) is 0 Å². The van der Waals surface area contributed by atoms with Crippen molar-refractivity contribution in [3.63, 3.8) is 0 Å². The van der Waals surface area contributed by atoms with E-state index < -0.39 is 6.29 Å². The topological polar surface area (TPSA) is 64.5 Å². The van der Waals surface area contributed by atoms with Crippen LogP contribution in [0.2, 0.25) is 0 Å². The molecular formula is C18H20N2O2. The van der Waals surface area contributed by atoms with Gasteiger partial charge in [-0.1, -0.05) is 42.5 Å². The zero-order chi connectivity index (χ0) is 15.1. The van der Waals surface area contributed by atoms with Crippen molar-refractivity contribution >= 4 is 0 Å². The van der Waals surface area contributed by atoms with Gasteiger partial charge in [-0.3, -0.25) is 0 Å². The Morgan fingerprint density at radius 3 is 2.73 bits per heavy atom. The van der Waals surface area contributed by atoms with Crippen LogP contribution in [0.4, 0.5) is 0 Å². The van der Waals surface area contributed by atoms with Gasteiger partial charge in [0, 0.05) is 11.6 Å². The summed E-state index contributed by atoms with van der Waals surface area (Å²) in [6.07, 6.45) is 17.3. The number of allylic oxidation sites excluding steroid dienone is 6. The lowest BCUT2D eigenvalue weighted by atomic mass is 9.86. The van der Waals surface area contributed by atoms with Gasteiger partial charge in [-0.2, -0.15) is 0 Å². The second-order valence-electron chi connectivity index (χ2n) is 6.09. The zero-order valence-corrected chi connectivity index (χ0v) is 12.2. The van der Waals surface area contributed by atoms with E-state index in [1.165, 1.54) is 5.57 Å². The number of dihydropyridines is 1. The van der Waals surface area contributed by atoms with Crippen molar-refractivity contribution in [1.29, 1.82) is 0 Å². The monoisotopic (exact) mass is 296 g/mol. The second kappa shape index (κ2) is 5.30. The average molecular weight is 296 g/mol. The molecular weight excluding hydrogens is 276 g/mol. The smallest absolute Gasteiger partial charge is 0.193 e. The second-order valence-corrected chi connectivity index (χ2v) is 6.09. The van der Waals surface area contributed by atoms with E-state index in [1.54, 1.807) is 0 Å². The fourth-order valence-corrected chi connectivity index (χ4v) is 3.65. The molecule has 22 heavy (non-hydrogen) atoms. The molecule has 0 aromatic rings. The molecule has 0 radical (unpaired) electrons. The predicted molar refractivity (Wildman–Crippen MR) is 85.4 cm³/mol. The maximum Gasteiger partial charge on any atom is 0.193 e. The van der Waals surface area contributed by atoms with Crippen LogP contribution in [0.25, 0.3) is 0 Å². The molecule has 0 fully saturated rings. The highest BCUT2D eigenvalue weighted by atomic mass is 16.5. The lowest BCUT2D eigenvalue weighted by Crippen LogP contribution is -2.42. The fraction of sp³-hybridized carbons (Fsp3) is 0.333. The molecule has 4 rings (SSSR count). The molecule has 0 aromatic carbocycles. The third-order valence-electron chi connectivity index (χ3n) is 4.73. The summed E-state index contributed by atoms with van der Waals surface area (Å²) in [7, 11) is 0. The summed E-state index contributed by atoms with van der Waals surface area (Å²) in [5.41, 5.74) is 4.08. The van der Waals surface area contributed by atoms with E-state index in [0.717, 1.165) is 24.1 Å². The van der Waals surface area contributed by atoms with Gasteiger partial charge in [0.1, 0.15) is 0 Å². The molecule has 2 heterocycles. The van der Waals surface area contributed by atoms with Gasteiger partial charge in [-0.25, -0.2) is 0 Å². The van der Waals surface area contributed by atoms with Gasteiger partial charge >= 0.3 is 0 Å². The van der Waals surface area contributed by atoms with Gasteiger partial charge < -0.3 is 20.8 Å². The van der Waals surface area contributed by atoms with Crippen molar-refractivity contribution in [2.75, 3.05) is 0 Å². The number of hydrogen-bond acceptors (Lipinski definition) is 4. The van der Waals surface area contributed by atoms with Crippen molar-refractivity contribution in [2.45, 2.75) is 31.2 Å². The van der Waals surface area contributed by atoms with E-state index in [0.29, 0.717) is 5.70 Å². The lowest BCUT2D eigenvalue weighted by Gasteiger charge is -2.31. The Balaban J connectivity index is 1.76. The van der Waals surface area contributed by atoms with Crippen molar-refractivity contribution in [2.24, 2.45) is 5.92 Å². The molecule has 0 aromatic heterocycles. The highest BCUT2D eigenvalue weighted by Crippen LogP contribution is 2.38. The average Bonchev–Trinajstić information content (AvgIpc) is 2.93. The van der Waals surface area contributed by atoms with E-state index in [-0.39, 0.29) is 18.0 Å². The summed E-state index contributed by atoms with van der Waals surface area (Å²) in [5.74, 6) is 0.262. The number of rotatable bonds is 2. The first kappa shape index (κ1) is 13.6. The first-order valence-corrected chi connectivity index (χ1v) is 7.79. The van der Waals surface area contributed by atoms with Gasteiger partial charge in [0.2, 0.25) is 0 Å². The maximum absolute atomic E-state index is 9.63. The van der Waals surface area contributed by atoms with Crippen molar-refractivity contribution in [3.8, 4) is 0 Å². The standard InChI is InChI=1S/C18H20N2O2/c21-18(22)15-10-13-12-8-4-5-9-14(12)19-17(13)16(20-15)11-6-2-1-3-7-11/h1-2,4-6,8-10,12,14,16,18-22H,3,7H2. The van der Waals surface area contributed by atoms with Crippen molar-refractivity contribution in [3.05, 3.63) is 71.1 Å². The van der Waals surface area contributed by atoms with Gasteiger partial charge in [-0.05, 0) is 30.1 Å². The first-order valence-electron chi connectivity index (χ1n) is 7.79. The minimum absolute atomic E-state index is 0.00542. The summed E-state index contributed by atoms with van der Waals surface area (Å²) >= 11 is 0. The molecule has 0 amide bonds. The molecule has 0 bridgehead atoms. The maximum atomic E-state index is 9.63. The van der Waals surface area contributed by atoms with E-state index in [2.05, 4.69) is 53.2 Å². The van der Waals surface area contributed by atoms with E-state index in [9.17, 15) is 10.2 Å². The number of aliphatic hydroxyl groups is 2. The Kier molecular flexibility index (Phi) is 3.28. The van der Waals surface area contributed by atoms with Crippen LogP contribution in [0.3, 0.4) is 0 Å². The fourth-order valence-electron chi connectivity index (χ4n) is 3.65. The summed E-state index contributed by atoms with van der Waals surface area (Å²) in [4.78, 5) is 0. The summed E-state index contributed by atoms with van der Waals surface area (Å²) in [6.45, 7) is 0. The van der Waals surface area contributed by atoms with Crippen LogP contribution in [0.1, 0.15) is 12.8 Å². The van der Waals surface area contributed by atoms with Crippen molar-refractivity contribution in [1.82, 2.24) is 10.6 Å². The van der Waals surface area contributed by atoms with Crippen LogP contribution in [0, 0.1) is 5.92 Å². The number of fused-ring (bicyclic) bond motifs is 2. The van der Waals surface area contributed by atoms with Gasteiger partial charge in [0.05, 0.1) is 17.8 Å². The third-order valence-corrected chi connectivity index (χ3v) is 4.73. The van der Waals surface area contributed by atoms with E-state index in [4.69, 9.17) is 0 Å². The summed E-state index contributed by atoms with van der Waals surface area (Å²) < 4.78 is 0. The highest BCUT2D eigenvalue weighted by molar-refractivity contribution is 5.51. The summed E-state index contributed by atoms with van der Waals surface area (Å²) in [5, 5.41) is 26.2. The lowest BCUT2D eigenvalue weighted by molar-refractivity contribution is -0.0137. The largest absolute Gasteiger partial charge is 0.379 e. The van der Waals surface area contributed by atoms with Gasteiger partial charge in [0.25, 0.3) is 0 Å². The Hall–Kier alpha value is -2.04. The van der Waals surface area contributed by atoms with Crippen LogP contribution >= 0.6 is 0 Å². The Bertz CT molecular complexity index is 665. The Labute approximate surface area is 129 Å². The van der Waals surface area contributed by atoms with Crippen LogP contribution in [-0.2, 0) is 0 Å². The SMILES string of the molecule is OC(O)C1=CC2=C(NC3C=CC=CC23)C(C2=CC=CCC2)N1. The van der Waals surface area contributed by atoms with Crippen LogP contribution in [-0.4, -0.2) is 28.6 Å². The Morgan fingerprint density at radius 1 is 1.09 bits per heavy atom. The van der Waals surface area contributed by atoms with Gasteiger partial charge in [-0.15, -0.1) is 0 Å². The first-order chi connectivity index (χ1) is 10.7. The zero-order valence-electron chi connectivity index (χ0n) is 12.2. The third kappa shape index (κ3) is 2.16. The molecule has 0 spiro atoms. The minimum Gasteiger partial charge on any atom is -0.379 e. The normalized spacial score (nSPS) is 32.2. The van der Waals surface area contributed by atoms with Crippen LogP contribution < -0.4 is 10.6 Å².